The van der Waals surface area contributed by atoms with Crippen LogP contribution in [-0.2, 0) is 13.0 Å². The van der Waals surface area contributed by atoms with E-state index in [1.165, 1.54) is 30.5 Å². The van der Waals surface area contributed by atoms with Crippen LogP contribution in [0.5, 0.6) is 0 Å². The Bertz CT molecular complexity index is 887. The summed E-state index contributed by atoms with van der Waals surface area (Å²) in [6, 6.07) is 14.4. The molecule has 29 heavy (non-hydrogen) atoms. The predicted octanol–water partition coefficient (Wildman–Crippen LogP) is 4.83. The summed E-state index contributed by atoms with van der Waals surface area (Å²) in [7, 11) is 1.91. The van der Waals surface area contributed by atoms with Crippen LogP contribution in [0.15, 0.2) is 47.5 Å². The van der Waals surface area contributed by atoms with Crippen molar-refractivity contribution in [1.29, 1.82) is 0 Å². The third kappa shape index (κ3) is 4.58. The quantitative estimate of drug-likeness (QED) is 0.487. The van der Waals surface area contributed by atoms with Crippen LogP contribution in [-0.4, -0.2) is 30.0 Å². The predicted molar refractivity (Wildman–Crippen MR) is 123 cm³/mol. The SMILES string of the molecule is CN(N)CCc1cccc2c1NC1(CCCCC1)C(=NCc1cccc(Cl)c1)N2. The normalized spacial score (nSPS) is 19.1. The maximum atomic E-state index is 6.16. The molecule has 0 aromatic heterocycles. The summed E-state index contributed by atoms with van der Waals surface area (Å²) in [4.78, 5) is 5.03. The number of nitrogens with zero attached hydrogens (tertiary/aromatic N) is 2. The number of halogens is 1. The lowest BCUT2D eigenvalue weighted by atomic mass is 9.78. The van der Waals surface area contributed by atoms with Crippen LogP contribution in [0.1, 0.15) is 43.2 Å². The molecule has 4 rings (SSSR count). The van der Waals surface area contributed by atoms with Gasteiger partial charge in [-0.2, -0.15) is 0 Å². The highest BCUT2D eigenvalue weighted by molar-refractivity contribution is 6.30. The van der Waals surface area contributed by atoms with E-state index in [9.17, 15) is 0 Å². The van der Waals surface area contributed by atoms with Gasteiger partial charge in [-0.15, -0.1) is 0 Å². The topological polar surface area (TPSA) is 65.7 Å². The minimum absolute atomic E-state index is 0.117. The molecule has 1 saturated carbocycles. The molecule has 154 valence electrons. The average molecular weight is 412 g/mol. The lowest BCUT2D eigenvalue weighted by Crippen LogP contribution is -2.54. The molecular formula is C23H30ClN5. The number of amidine groups is 1. The largest absolute Gasteiger partial charge is 0.371 e. The lowest BCUT2D eigenvalue weighted by Gasteiger charge is -2.44. The molecule has 2 aromatic rings. The molecule has 1 heterocycles. The van der Waals surface area contributed by atoms with Crippen molar-refractivity contribution in [3.63, 3.8) is 0 Å². The zero-order chi connectivity index (χ0) is 20.3. The number of nitrogens with one attached hydrogen (secondary N) is 2. The molecule has 2 aliphatic rings. The molecule has 0 unspecified atom stereocenters. The van der Waals surface area contributed by atoms with Gasteiger partial charge in [0.25, 0.3) is 0 Å². The van der Waals surface area contributed by atoms with Crippen LogP contribution in [0.4, 0.5) is 11.4 Å². The van der Waals surface area contributed by atoms with E-state index in [-0.39, 0.29) is 5.54 Å². The maximum Gasteiger partial charge on any atom is 0.127 e. The molecule has 0 radical (unpaired) electrons. The highest BCUT2D eigenvalue weighted by atomic mass is 35.5. The first kappa shape index (κ1) is 20.2. The summed E-state index contributed by atoms with van der Waals surface area (Å²) in [6.45, 7) is 1.44. The summed E-state index contributed by atoms with van der Waals surface area (Å²) in [5.41, 5.74) is 4.62. The van der Waals surface area contributed by atoms with E-state index in [4.69, 9.17) is 22.4 Å². The molecule has 2 aromatic carbocycles. The van der Waals surface area contributed by atoms with Crippen molar-refractivity contribution >= 4 is 28.8 Å². The number of para-hydroxylation sites is 1. The van der Waals surface area contributed by atoms with Crippen LogP contribution in [0, 0.1) is 0 Å². The van der Waals surface area contributed by atoms with Crippen LogP contribution < -0.4 is 16.5 Å². The Balaban J connectivity index is 1.65. The second kappa shape index (κ2) is 8.74. The molecule has 0 amide bonds. The van der Waals surface area contributed by atoms with Crippen molar-refractivity contribution in [2.75, 3.05) is 24.2 Å². The molecule has 6 heteroatoms. The van der Waals surface area contributed by atoms with E-state index in [0.717, 1.165) is 47.9 Å². The maximum absolute atomic E-state index is 6.16. The first-order valence-electron chi connectivity index (χ1n) is 10.5. The molecular weight excluding hydrogens is 382 g/mol. The van der Waals surface area contributed by atoms with E-state index in [1.54, 1.807) is 5.01 Å². The van der Waals surface area contributed by atoms with Gasteiger partial charge in [0.1, 0.15) is 5.84 Å². The van der Waals surface area contributed by atoms with Gasteiger partial charge < -0.3 is 10.6 Å². The van der Waals surface area contributed by atoms with Crippen molar-refractivity contribution in [2.45, 2.75) is 50.6 Å². The van der Waals surface area contributed by atoms with Gasteiger partial charge in [-0.3, -0.25) is 10.8 Å². The number of likely N-dealkylation sites (N-methyl/N-ethyl adjacent to an activating group) is 1. The van der Waals surface area contributed by atoms with Gasteiger partial charge in [-0.05, 0) is 48.6 Å². The Morgan fingerprint density at radius 3 is 2.69 bits per heavy atom. The summed E-state index contributed by atoms with van der Waals surface area (Å²) in [5, 5.41) is 10.1. The second-order valence-corrected chi connectivity index (χ2v) is 8.69. The van der Waals surface area contributed by atoms with Gasteiger partial charge in [0.2, 0.25) is 0 Å². The smallest absolute Gasteiger partial charge is 0.127 e. The summed E-state index contributed by atoms with van der Waals surface area (Å²) in [5.74, 6) is 6.90. The Morgan fingerprint density at radius 2 is 1.93 bits per heavy atom. The van der Waals surface area contributed by atoms with Crippen LogP contribution >= 0.6 is 11.6 Å². The molecule has 1 fully saturated rings. The number of hydrogen-bond acceptors (Lipinski definition) is 4. The van der Waals surface area contributed by atoms with Crippen molar-refractivity contribution in [2.24, 2.45) is 10.8 Å². The van der Waals surface area contributed by atoms with Crippen molar-refractivity contribution in [3.05, 3.63) is 58.6 Å². The van der Waals surface area contributed by atoms with Crippen LogP contribution in [0.3, 0.4) is 0 Å². The number of hydrazine groups is 1. The third-order valence-corrected chi connectivity index (χ3v) is 6.21. The monoisotopic (exact) mass is 411 g/mol. The van der Waals surface area contributed by atoms with Crippen molar-refractivity contribution in [1.82, 2.24) is 5.01 Å². The van der Waals surface area contributed by atoms with Crippen LogP contribution in [0.25, 0.3) is 0 Å². The molecule has 5 nitrogen and oxygen atoms in total. The second-order valence-electron chi connectivity index (χ2n) is 8.26. The Morgan fingerprint density at radius 1 is 1.14 bits per heavy atom. The Kier molecular flexibility index (Phi) is 6.09. The average Bonchev–Trinajstić information content (AvgIpc) is 2.71. The fourth-order valence-corrected chi connectivity index (χ4v) is 4.63. The first-order valence-corrected chi connectivity index (χ1v) is 10.9. The number of hydrogen-bond donors (Lipinski definition) is 3. The number of nitrogens with two attached hydrogens (primary N) is 1. The first-order chi connectivity index (χ1) is 14.1. The third-order valence-electron chi connectivity index (χ3n) is 5.97. The number of anilines is 2. The number of benzene rings is 2. The molecule has 0 saturated heterocycles. The van der Waals surface area contributed by atoms with Crippen molar-refractivity contribution < 1.29 is 0 Å². The van der Waals surface area contributed by atoms with E-state index in [0.29, 0.717) is 6.54 Å². The summed E-state index contributed by atoms with van der Waals surface area (Å²) >= 11 is 6.16. The van der Waals surface area contributed by atoms with Crippen LogP contribution in [0.2, 0.25) is 5.02 Å². The number of fused-ring (bicyclic) bond motifs is 1. The van der Waals surface area contributed by atoms with Gasteiger partial charge in [0, 0.05) is 18.6 Å². The number of rotatable bonds is 5. The standard InChI is InChI=1S/C23H30ClN5/c1-29(25)14-11-18-8-6-10-20-21(18)28-23(12-3-2-4-13-23)22(27-20)26-16-17-7-5-9-19(24)15-17/h5-10,15,28H,2-4,11-14,16,25H2,1H3,(H,26,27). The van der Waals surface area contributed by atoms with Gasteiger partial charge in [-0.25, -0.2) is 5.01 Å². The van der Waals surface area contributed by atoms with E-state index in [2.05, 4.69) is 34.9 Å². The Hall–Kier alpha value is -2.08. The molecule has 0 bridgehead atoms. The zero-order valence-electron chi connectivity index (χ0n) is 17.0. The van der Waals surface area contributed by atoms with Gasteiger partial charge in [0.05, 0.1) is 23.5 Å². The van der Waals surface area contributed by atoms with E-state index >= 15 is 0 Å². The highest BCUT2D eigenvalue weighted by Gasteiger charge is 2.41. The molecule has 0 atom stereocenters. The fraction of sp³-hybridized carbons (Fsp3) is 0.435. The highest BCUT2D eigenvalue weighted by Crippen LogP contribution is 2.41. The lowest BCUT2D eigenvalue weighted by molar-refractivity contribution is 0.353. The minimum Gasteiger partial charge on any atom is -0.371 e. The molecule has 1 aliphatic heterocycles. The Labute approximate surface area is 178 Å². The minimum atomic E-state index is -0.117. The summed E-state index contributed by atoms with van der Waals surface area (Å²) < 4.78 is 0. The van der Waals surface area contributed by atoms with E-state index < -0.39 is 0 Å². The molecule has 4 N–H and O–H groups in total. The van der Waals surface area contributed by atoms with E-state index in [1.807, 2.05) is 25.2 Å². The van der Waals surface area contributed by atoms with Gasteiger partial charge >= 0.3 is 0 Å². The summed E-state index contributed by atoms with van der Waals surface area (Å²) in [6.07, 6.45) is 6.83. The number of aliphatic imine (C=N–C) groups is 1. The van der Waals surface area contributed by atoms with Crippen molar-refractivity contribution in [3.8, 4) is 0 Å². The molecule has 1 aliphatic carbocycles. The zero-order valence-corrected chi connectivity index (χ0v) is 17.8. The fourth-order valence-electron chi connectivity index (χ4n) is 4.42. The van der Waals surface area contributed by atoms with Gasteiger partial charge in [0.15, 0.2) is 0 Å². The van der Waals surface area contributed by atoms with Gasteiger partial charge in [-0.1, -0.05) is 55.1 Å². The molecule has 1 spiro atoms.